The van der Waals surface area contributed by atoms with Gasteiger partial charge in [0, 0.05) is 29.9 Å². The van der Waals surface area contributed by atoms with Crippen molar-refractivity contribution in [3.8, 4) is 0 Å². The van der Waals surface area contributed by atoms with Crippen LogP contribution in [-0.2, 0) is 35.2 Å². The van der Waals surface area contributed by atoms with Crippen molar-refractivity contribution >= 4 is 46.4 Å². The number of carboxylic acids is 1. The molecule has 5 amide bonds. The summed E-state index contributed by atoms with van der Waals surface area (Å²) in [6, 6.07) is 2.01. The third kappa shape index (κ3) is 9.69. The molecule has 0 aliphatic rings. The molecular weight excluding hydrogens is 522 g/mol. The number of hydrogen-bond acceptors (Lipinski definition) is 7. The molecule has 2 aromatic rings. The maximum atomic E-state index is 13.1. The highest BCUT2D eigenvalue weighted by molar-refractivity contribution is 5.96. The predicted octanol–water partition coefficient (Wildman–Crippen LogP) is -1.24. The number of carbonyl (C=O) groups is 6. The number of aromatic nitrogens is 1. The second kappa shape index (κ2) is 14.6. The van der Waals surface area contributed by atoms with Crippen molar-refractivity contribution < 1.29 is 33.9 Å². The smallest absolute Gasteiger partial charge is 0.326 e. The van der Waals surface area contributed by atoms with Crippen LogP contribution in [0.15, 0.2) is 30.5 Å². The molecule has 0 saturated heterocycles. The molecule has 14 heteroatoms. The number of aromatic amines is 1. The largest absolute Gasteiger partial charge is 0.480 e. The first-order chi connectivity index (χ1) is 18.8. The van der Waals surface area contributed by atoms with Gasteiger partial charge in [0.1, 0.15) is 18.1 Å². The lowest BCUT2D eigenvalue weighted by atomic mass is 10.0. The normalized spacial score (nSPS) is 14.1. The Morgan fingerprint density at radius 2 is 1.48 bits per heavy atom. The van der Waals surface area contributed by atoms with Crippen LogP contribution in [0.3, 0.4) is 0 Å². The zero-order chi connectivity index (χ0) is 30.0. The lowest BCUT2D eigenvalue weighted by Crippen LogP contribution is -2.58. The van der Waals surface area contributed by atoms with Crippen molar-refractivity contribution in [3.05, 3.63) is 36.0 Å². The molecule has 0 bridgehead atoms. The Morgan fingerprint density at radius 3 is 2.08 bits per heavy atom. The highest BCUT2D eigenvalue weighted by Crippen LogP contribution is 2.19. The monoisotopic (exact) mass is 559 g/mol. The molecule has 4 unspecified atom stereocenters. The number of primary amides is 2. The van der Waals surface area contributed by atoms with Crippen LogP contribution in [0.4, 0.5) is 0 Å². The number of benzene rings is 1. The van der Waals surface area contributed by atoms with Gasteiger partial charge in [-0.05, 0) is 30.4 Å². The summed E-state index contributed by atoms with van der Waals surface area (Å²) in [5.41, 5.74) is 17.8. The van der Waals surface area contributed by atoms with Gasteiger partial charge < -0.3 is 43.2 Å². The first-order valence-corrected chi connectivity index (χ1v) is 12.8. The van der Waals surface area contributed by atoms with E-state index in [1.54, 1.807) is 18.3 Å². The second-order valence-corrected chi connectivity index (χ2v) is 10.00. The number of carboxylic acid groups (broad SMARTS) is 1. The molecular formula is C26H37N7O7. The molecule has 218 valence electrons. The van der Waals surface area contributed by atoms with E-state index in [-0.39, 0.29) is 25.2 Å². The molecule has 4 atom stereocenters. The SMILES string of the molecule is CC(C)CC(N)C(=O)NC(CC(N)=O)C(=O)NC(CCC(N)=O)C(=O)NC(Cc1c[nH]c2ccccc12)C(=O)O. The number of fused-ring (bicyclic) bond motifs is 1. The van der Waals surface area contributed by atoms with E-state index in [1.165, 1.54) is 0 Å². The van der Waals surface area contributed by atoms with E-state index in [4.69, 9.17) is 17.2 Å². The quantitative estimate of drug-likeness (QED) is 0.123. The van der Waals surface area contributed by atoms with Gasteiger partial charge in [0.15, 0.2) is 0 Å². The highest BCUT2D eigenvalue weighted by atomic mass is 16.4. The molecule has 40 heavy (non-hydrogen) atoms. The van der Waals surface area contributed by atoms with Gasteiger partial charge in [-0.3, -0.25) is 24.0 Å². The van der Waals surface area contributed by atoms with Crippen LogP contribution in [-0.4, -0.2) is 69.8 Å². The summed E-state index contributed by atoms with van der Waals surface area (Å²) in [4.78, 5) is 76.7. The molecule has 0 fully saturated rings. The lowest BCUT2D eigenvalue weighted by Gasteiger charge is -2.25. The van der Waals surface area contributed by atoms with Gasteiger partial charge in [0.05, 0.1) is 12.5 Å². The third-order valence-corrected chi connectivity index (χ3v) is 6.13. The van der Waals surface area contributed by atoms with Crippen molar-refractivity contribution in [3.63, 3.8) is 0 Å². The van der Waals surface area contributed by atoms with Crippen LogP contribution in [0.25, 0.3) is 10.9 Å². The zero-order valence-corrected chi connectivity index (χ0v) is 22.4. The van der Waals surface area contributed by atoms with Crippen molar-refractivity contribution in [1.29, 1.82) is 0 Å². The maximum Gasteiger partial charge on any atom is 0.326 e. The third-order valence-electron chi connectivity index (χ3n) is 6.13. The Balaban J connectivity index is 2.20. The van der Waals surface area contributed by atoms with Gasteiger partial charge in [-0.15, -0.1) is 0 Å². The number of para-hydroxylation sites is 1. The minimum atomic E-state index is -1.46. The molecule has 0 aliphatic carbocycles. The summed E-state index contributed by atoms with van der Waals surface area (Å²) >= 11 is 0. The predicted molar refractivity (Wildman–Crippen MR) is 145 cm³/mol. The Hall–Kier alpha value is -4.46. The molecule has 1 heterocycles. The van der Waals surface area contributed by atoms with E-state index in [0.717, 1.165) is 10.9 Å². The van der Waals surface area contributed by atoms with E-state index >= 15 is 0 Å². The molecule has 0 saturated carbocycles. The summed E-state index contributed by atoms with van der Waals surface area (Å²) < 4.78 is 0. The molecule has 0 aliphatic heterocycles. The molecule has 0 radical (unpaired) electrons. The number of amides is 5. The number of H-pyrrole nitrogens is 1. The van der Waals surface area contributed by atoms with Crippen molar-refractivity contribution in [2.24, 2.45) is 23.1 Å². The number of hydrogen-bond donors (Lipinski definition) is 8. The van der Waals surface area contributed by atoms with Crippen LogP contribution in [0, 0.1) is 5.92 Å². The van der Waals surface area contributed by atoms with Crippen molar-refractivity contribution in [2.75, 3.05) is 0 Å². The van der Waals surface area contributed by atoms with Crippen LogP contribution < -0.4 is 33.2 Å². The highest BCUT2D eigenvalue weighted by Gasteiger charge is 2.31. The fourth-order valence-corrected chi connectivity index (χ4v) is 4.12. The number of rotatable bonds is 16. The van der Waals surface area contributed by atoms with E-state index in [1.807, 2.05) is 26.0 Å². The standard InChI is InChI=1S/C26H37N7O7/c1-13(2)9-16(27)23(36)32-19(11-22(29)35)25(38)31-18(7-8-21(28)34)24(37)33-20(26(39)40)10-14-12-30-17-6-4-3-5-15(14)17/h3-6,12-13,16,18-20,30H,7-11,27H2,1-2H3,(H2,28,34)(H2,29,35)(H,31,38)(H,32,36)(H,33,37)(H,39,40). The van der Waals surface area contributed by atoms with Gasteiger partial charge in [0.2, 0.25) is 29.5 Å². The van der Waals surface area contributed by atoms with Crippen LogP contribution in [0.1, 0.15) is 45.1 Å². The van der Waals surface area contributed by atoms with Gasteiger partial charge in [-0.25, -0.2) is 4.79 Å². The summed E-state index contributed by atoms with van der Waals surface area (Å²) in [6.45, 7) is 3.71. The summed E-state index contributed by atoms with van der Waals surface area (Å²) in [6.07, 6.45) is 0.707. The molecule has 2 rings (SSSR count). The van der Waals surface area contributed by atoms with E-state index < -0.39 is 66.1 Å². The molecule has 0 spiro atoms. The van der Waals surface area contributed by atoms with Gasteiger partial charge >= 0.3 is 5.97 Å². The fraction of sp³-hybridized carbons (Fsp3) is 0.462. The maximum absolute atomic E-state index is 13.1. The average molecular weight is 560 g/mol. The van der Waals surface area contributed by atoms with E-state index in [2.05, 4.69) is 20.9 Å². The zero-order valence-electron chi connectivity index (χ0n) is 22.4. The van der Waals surface area contributed by atoms with Crippen molar-refractivity contribution in [2.45, 2.75) is 70.1 Å². The van der Waals surface area contributed by atoms with E-state index in [9.17, 15) is 33.9 Å². The van der Waals surface area contributed by atoms with E-state index in [0.29, 0.717) is 12.0 Å². The number of nitrogens with two attached hydrogens (primary N) is 3. The number of nitrogens with one attached hydrogen (secondary N) is 4. The number of aliphatic carboxylic acids is 1. The summed E-state index contributed by atoms with van der Waals surface area (Å²) in [7, 11) is 0. The minimum Gasteiger partial charge on any atom is -0.480 e. The minimum absolute atomic E-state index is 0.0737. The van der Waals surface area contributed by atoms with Crippen LogP contribution in [0.2, 0.25) is 0 Å². The Labute approximate surface area is 230 Å². The Bertz CT molecular complexity index is 1240. The summed E-state index contributed by atoms with van der Waals surface area (Å²) in [5, 5.41) is 17.7. The molecule has 1 aromatic heterocycles. The van der Waals surface area contributed by atoms with Crippen LogP contribution >= 0.6 is 0 Å². The Kier molecular flexibility index (Phi) is 11.6. The average Bonchev–Trinajstić information content (AvgIpc) is 3.27. The van der Waals surface area contributed by atoms with Gasteiger partial charge in [0.25, 0.3) is 0 Å². The number of carbonyl (C=O) groups excluding carboxylic acids is 5. The summed E-state index contributed by atoms with van der Waals surface area (Å²) in [5.74, 6) is -5.45. The van der Waals surface area contributed by atoms with Crippen molar-refractivity contribution in [1.82, 2.24) is 20.9 Å². The first kappa shape index (κ1) is 31.8. The first-order valence-electron chi connectivity index (χ1n) is 12.8. The van der Waals surface area contributed by atoms with Crippen LogP contribution in [0.5, 0.6) is 0 Å². The molecule has 14 nitrogen and oxygen atoms in total. The Morgan fingerprint density at radius 1 is 0.875 bits per heavy atom. The fourth-order valence-electron chi connectivity index (χ4n) is 4.12. The lowest BCUT2D eigenvalue weighted by molar-refractivity contribution is -0.142. The van der Waals surface area contributed by atoms with Gasteiger partial charge in [-0.2, -0.15) is 0 Å². The van der Waals surface area contributed by atoms with Gasteiger partial charge in [-0.1, -0.05) is 32.0 Å². The molecule has 11 N–H and O–H groups in total. The topological polar surface area (TPSA) is 253 Å². The molecule has 1 aromatic carbocycles. The second-order valence-electron chi connectivity index (χ2n) is 10.00.